The van der Waals surface area contributed by atoms with Crippen LogP contribution >= 0.6 is 23.2 Å². The van der Waals surface area contributed by atoms with Crippen LogP contribution in [0.3, 0.4) is 0 Å². The molecule has 9 nitrogen and oxygen atoms in total. The summed E-state index contributed by atoms with van der Waals surface area (Å²) in [5, 5.41) is 4.45. The van der Waals surface area contributed by atoms with Crippen LogP contribution in [0, 0.1) is 18.3 Å². The predicted octanol–water partition coefficient (Wildman–Crippen LogP) is 8.58. The van der Waals surface area contributed by atoms with Crippen molar-refractivity contribution in [3.05, 3.63) is 86.9 Å². The third-order valence-electron chi connectivity index (χ3n) is 10.3. The number of amides is 1. The fourth-order valence-electron chi connectivity index (χ4n) is 7.19. The first-order chi connectivity index (χ1) is 26.0. The summed E-state index contributed by atoms with van der Waals surface area (Å²) in [6.07, 6.45) is 6.02. The maximum atomic E-state index is 14.5. The summed E-state index contributed by atoms with van der Waals surface area (Å²) in [4.78, 5) is 28.7. The lowest BCUT2D eigenvalue weighted by Crippen LogP contribution is -2.47. The molecule has 54 heavy (non-hydrogen) atoms. The van der Waals surface area contributed by atoms with Gasteiger partial charge in [-0.1, -0.05) is 41.4 Å². The minimum Gasteiger partial charge on any atom is -0.494 e. The number of hydrogen-bond acceptors (Lipinski definition) is 8. The molecule has 0 unspecified atom stereocenters. The summed E-state index contributed by atoms with van der Waals surface area (Å²) < 4.78 is 28.3. The van der Waals surface area contributed by atoms with Gasteiger partial charge >= 0.3 is 5.97 Å². The van der Waals surface area contributed by atoms with Crippen molar-refractivity contribution in [2.45, 2.75) is 84.2 Å². The standard InChI is InChI=1S/C43H56Cl2N2O7/c1-29-22-38(44)40(39(45)23-29)54-21-20-53-34-13-9-32(10-14-34)36-15-17-46-27-37(36)41(48)47(33-11-12-33)28-31-24-30(8-6-18-50-4)25-35(26-31)52-19-7-16-43(2,3)42(49)51-5/h9-10,13-14,22-26,33,36-37,46H,6-8,11-12,15-21,27-28H2,1-5H3/t36-,37+/m1/s1. The second-order valence-electron chi connectivity index (χ2n) is 15.1. The second-order valence-corrected chi connectivity index (χ2v) is 16.0. The zero-order valence-electron chi connectivity index (χ0n) is 32.4. The van der Waals surface area contributed by atoms with Crippen molar-refractivity contribution in [3.63, 3.8) is 0 Å². The Morgan fingerprint density at radius 2 is 1.52 bits per heavy atom. The van der Waals surface area contributed by atoms with Crippen molar-refractivity contribution in [3.8, 4) is 17.2 Å². The minimum atomic E-state index is -0.569. The molecule has 294 valence electrons. The van der Waals surface area contributed by atoms with Crippen LogP contribution in [0.5, 0.6) is 17.2 Å². The molecule has 1 aliphatic carbocycles. The van der Waals surface area contributed by atoms with E-state index in [1.54, 1.807) is 7.11 Å². The molecule has 2 fully saturated rings. The lowest BCUT2D eigenvalue weighted by atomic mass is 9.80. The van der Waals surface area contributed by atoms with Gasteiger partial charge in [0.15, 0.2) is 5.75 Å². The zero-order valence-corrected chi connectivity index (χ0v) is 33.9. The Bertz CT molecular complexity index is 1670. The van der Waals surface area contributed by atoms with Gasteiger partial charge in [0, 0.05) is 32.8 Å². The van der Waals surface area contributed by atoms with E-state index in [0.717, 1.165) is 72.4 Å². The molecule has 1 amide bonds. The van der Waals surface area contributed by atoms with Crippen molar-refractivity contribution in [1.82, 2.24) is 10.2 Å². The molecule has 0 aromatic heterocycles. The van der Waals surface area contributed by atoms with Gasteiger partial charge in [0.1, 0.15) is 24.7 Å². The highest BCUT2D eigenvalue weighted by atomic mass is 35.5. The van der Waals surface area contributed by atoms with E-state index in [1.165, 1.54) is 7.11 Å². The van der Waals surface area contributed by atoms with Crippen LogP contribution in [-0.2, 0) is 32.0 Å². The number of benzene rings is 3. The van der Waals surface area contributed by atoms with Crippen LogP contribution < -0.4 is 19.5 Å². The van der Waals surface area contributed by atoms with E-state index in [9.17, 15) is 9.59 Å². The first kappa shape index (κ1) is 41.7. The number of rotatable bonds is 20. The largest absolute Gasteiger partial charge is 0.494 e. The van der Waals surface area contributed by atoms with E-state index in [-0.39, 0.29) is 29.8 Å². The third kappa shape index (κ3) is 11.8. The van der Waals surface area contributed by atoms with Gasteiger partial charge in [0.25, 0.3) is 0 Å². The van der Waals surface area contributed by atoms with Crippen molar-refractivity contribution in [2.24, 2.45) is 11.3 Å². The number of ether oxygens (including phenoxy) is 5. The van der Waals surface area contributed by atoms with E-state index in [1.807, 2.05) is 45.0 Å². The predicted molar refractivity (Wildman–Crippen MR) is 213 cm³/mol. The van der Waals surface area contributed by atoms with Crippen LogP contribution in [-0.4, -0.2) is 76.6 Å². The molecule has 1 N–H and O–H groups in total. The van der Waals surface area contributed by atoms with Crippen LogP contribution in [0.2, 0.25) is 10.0 Å². The van der Waals surface area contributed by atoms with Crippen molar-refractivity contribution >= 4 is 35.1 Å². The van der Waals surface area contributed by atoms with E-state index in [2.05, 4.69) is 40.5 Å². The molecule has 0 spiro atoms. The smallest absolute Gasteiger partial charge is 0.311 e. The molecule has 3 aromatic carbocycles. The van der Waals surface area contributed by atoms with Crippen molar-refractivity contribution in [2.75, 3.05) is 53.7 Å². The van der Waals surface area contributed by atoms with Gasteiger partial charge in [-0.15, -0.1) is 0 Å². The Hall–Kier alpha value is -3.50. The number of aryl methyl sites for hydroxylation is 2. The Morgan fingerprint density at radius 3 is 2.20 bits per heavy atom. The Kier molecular flexibility index (Phi) is 15.3. The minimum absolute atomic E-state index is 0.0942. The summed E-state index contributed by atoms with van der Waals surface area (Å²) in [7, 11) is 3.14. The zero-order chi connectivity index (χ0) is 38.7. The van der Waals surface area contributed by atoms with Crippen molar-refractivity contribution < 1.29 is 33.3 Å². The molecule has 1 saturated heterocycles. The number of carbonyl (C=O) groups is 2. The normalized spacial score (nSPS) is 17.2. The molecular weight excluding hydrogens is 727 g/mol. The topological polar surface area (TPSA) is 95.6 Å². The van der Waals surface area contributed by atoms with Crippen LogP contribution in [0.1, 0.15) is 80.5 Å². The molecule has 1 saturated carbocycles. The lowest BCUT2D eigenvalue weighted by Gasteiger charge is -2.36. The molecular formula is C43H56Cl2N2O7. The van der Waals surface area contributed by atoms with Gasteiger partial charge in [-0.2, -0.15) is 0 Å². The van der Waals surface area contributed by atoms with E-state index < -0.39 is 5.41 Å². The highest BCUT2D eigenvalue weighted by Gasteiger charge is 2.40. The first-order valence-corrected chi connectivity index (χ1v) is 19.9. The lowest BCUT2D eigenvalue weighted by molar-refractivity contribution is -0.151. The SMILES string of the molecule is COCCCc1cc(CN(C(=O)[C@H]2CNCC[C@@H]2c2ccc(OCCOc3c(Cl)cc(C)cc3Cl)cc2)C2CC2)cc(OCCCC(C)(C)C(=O)OC)c1. The number of nitrogens with one attached hydrogen (secondary N) is 1. The Labute approximate surface area is 330 Å². The average Bonchev–Trinajstić information content (AvgIpc) is 4.00. The van der Waals surface area contributed by atoms with Crippen LogP contribution in [0.4, 0.5) is 0 Å². The molecule has 1 aliphatic heterocycles. The molecule has 0 bridgehead atoms. The summed E-state index contributed by atoms with van der Waals surface area (Å²) in [6.45, 7) is 9.54. The number of hydrogen-bond donors (Lipinski definition) is 1. The van der Waals surface area contributed by atoms with Gasteiger partial charge in [-0.25, -0.2) is 0 Å². The van der Waals surface area contributed by atoms with Gasteiger partial charge < -0.3 is 33.9 Å². The molecule has 3 aromatic rings. The molecule has 11 heteroatoms. The third-order valence-corrected chi connectivity index (χ3v) is 10.8. The molecule has 0 radical (unpaired) electrons. The quantitative estimate of drug-likeness (QED) is 0.0900. The fourth-order valence-corrected chi connectivity index (χ4v) is 7.89. The summed E-state index contributed by atoms with van der Waals surface area (Å²) in [5.41, 5.74) is 3.76. The highest BCUT2D eigenvalue weighted by Crippen LogP contribution is 2.38. The second kappa shape index (κ2) is 19.9. The van der Waals surface area contributed by atoms with Gasteiger partial charge in [-0.05, 0) is 137 Å². The summed E-state index contributed by atoms with van der Waals surface area (Å²) in [5.74, 6) is 1.87. The first-order valence-electron chi connectivity index (χ1n) is 19.1. The molecule has 2 atom stereocenters. The maximum absolute atomic E-state index is 14.5. The van der Waals surface area contributed by atoms with Gasteiger partial charge in [0.2, 0.25) is 5.91 Å². The van der Waals surface area contributed by atoms with E-state index >= 15 is 0 Å². The maximum Gasteiger partial charge on any atom is 0.311 e. The number of halogens is 2. The number of esters is 1. The Morgan fingerprint density at radius 1 is 0.833 bits per heavy atom. The summed E-state index contributed by atoms with van der Waals surface area (Å²) in [6, 6.07) is 18.3. The van der Waals surface area contributed by atoms with Crippen LogP contribution in [0.15, 0.2) is 54.6 Å². The number of nitrogens with zero attached hydrogens (tertiary/aromatic N) is 1. The summed E-state index contributed by atoms with van der Waals surface area (Å²) >= 11 is 12.6. The highest BCUT2D eigenvalue weighted by molar-refractivity contribution is 6.37. The number of methoxy groups -OCH3 is 2. The fraction of sp³-hybridized carbons (Fsp3) is 0.535. The van der Waals surface area contributed by atoms with Crippen molar-refractivity contribution in [1.29, 1.82) is 0 Å². The molecule has 5 rings (SSSR count). The number of piperidine rings is 1. The van der Waals surface area contributed by atoms with E-state index in [4.69, 9.17) is 46.9 Å². The molecule has 2 aliphatic rings. The van der Waals surface area contributed by atoms with Gasteiger partial charge in [-0.3, -0.25) is 9.59 Å². The van der Waals surface area contributed by atoms with E-state index in [0.29, 0.717) is 68.2 Å². The Balaban J connectivity index is 1.22. The number of carbonyl (C=O) groups excluding carboxylic acids is 2. The van der Waals surface area contributed by atoms with Gasteiger partial charge in [0.05, 0.1) is 35.1 Å². The monoisotopic (exact) mass is 782 g/mol. The molecule has 1 heterocycles. The van der Waals surface area contributed by atoms with Crippen LogP contribution in [0.25, 0.3) is 0 Å². The average molecular weight is 784 g/mol.